The number of sulfonamides is 2. The third-order valence-electron chi connectivity index (χ3n) is 5.04. The minimum Gasteiger partial charge on any atom is -0.301 e. The highest BCUT2D eigenvalue weighted by Gasteiger charge is 2.30. The standard InChI is InChI=1S/C17H27N3O4S2/c1-2-9-18-12-14-20(15-13-18)26(23,24)17-7-5-16(6-8-17)25(21,22)19-10-3-4-11-19/h5-8H,2-4,9-15H2,1H3. The zero-order chi connectivity index (χ0) is 18.8. The topological polar surface area (TPSA) is 78.0 Å². The summed E-state index contributed by atoms with van der Waals surface area (Å²) in [5.74, 6) is 0. The molecule has 1 aromatic rings. The first-order valence-corrected chi connectivity index (χ1v) is 12.1. The van der Waals surface area contributed by atoms with Crippen LogP contribution in [0.25, 0.3) is 0 Å². The Balaban J connectivity index is 1.73. The van der Waals surface area contributed by atoms with Gasteiger partial charge in [-0.2, -0.15) is 8.61 Å². The Morgan fingerprint density at radius 1 is 0.731 bits per heavy atom. The van der Waals surface area contributed by atoms with Crippen LogP contribution >= 0.6 is 0 Å². The first-order valence-electron chi connectivity index (χ1n) is 9.18. The van der Waals surface area contributed by atoms with E-state index in [1.165, 1.54) is 32.9 Å². The molecular formula is C17H27N3O4S2. The molecule has 146 valence electrons. The normalized spacial score (nSPS) is 21.3. The van der Waals surface area contributed by atoms with E-state index >= 15 is 0 Å². The minimum absolute atomic E-state index is 0.154. The first kappa shape index (κ1) is 19.8. The van der Waals surface area contributed by atoms with Crippen LogP contribution in [0.1, 0.15) is 26.2 Å². The van der Waals surface area contributed by atoms with Crippen LogP contribution in [0.4, 0.5) is 0 Å². The van der Waals surface area contributed by atoms with Gasteiger partial charge in [-0.1, -0.05) is 6.92 Å². The smallest absolute Gasteiger partial charge is 0.243 e. The van der Waals surface area contributed by atoms with Crippen molar-refractivity contribution < 1.29 is 16.8 Å². The number of nitrogens with zero attached hydrogens (tertiary/aromatic N) is 3. The lowest BCUT2D eigenvalue weighted by atomic mass is 10.3. The van der Waals surface area contributed by atoms with Gasteiger partial charge in [-0.05, 0) is 50.1 Å². The van der Waals surface area contributed by atoms with Crippen LogP contribution in [0.2, 0.25) is 0 Å². The molecule has 2 fully saturated rings. The van der Waals surface area contributed by atoms with Crippen molar-refractivity contribution in [3.05, 3.63) is 24.3 Å². The average Bonchev–Trinajstić information content (AvgIpc) is 3.18. The molecule has 0 amide bonds. The maximum Gasteiger partial charge on any atom is 0.243 e. The first-order chi connectivity index (χ1) is 12.4. The molecule has 0 bridgehead atoms. The molecule has 2 aliphatic rings. The van der Waals surface area contributed by atoms with Gasteiger partial charge < -0.3 is 4.90 Å². The van der Waals surface area contributed by atoms with Crippen LogP contribution in [0.5, 0.6) is 0 Å². The van der Waals surface area contributed by atoms with Crippen molar-refractivity contribution in [2.24, 2.45) is 0 Å². The van der Waals surface area contributed by atoms with Gasteiger partial charge in [0.05, 0.1) is 9.79 Å². The molecule has 2 aliphatic heterocycles. The van der Waals surface area contributed by atoms with Gasteiger partial charge in [0.2, 0.25) is 20.0 Å². The highest BCUT2D eigenvalue weighted by molar-refractivity contribution is 7.89. The van der Waals surface area contributed by atoms with E-state index in [-0.39, 0.29) is 9.79 Å². The van der Waals surface area contributed by atoms with Gasteiger partial charge in [0.25, 0.3) is 0 Å². The summed E-state index contributed by atoms with van der Waals surface area (Å²) >= 11 is 0. The molecule has 2 saturated heterocycles. The monoisotopic (exact) mass is 401 g/mol. The van der Waals surface area contributed by atoms with Crippen molar-refractivity contribution in [1.82, 2.24) is 13.5 Å². The molecule has 3 rings (SSSR count). The van der Waals surface area contributed by atoms with Crippen LogP contribution in [-0.2, 0) is 20.0 Å². The van der Waals surface area contributed by atoms with Crippen molar-refractivity contribution in [3.8, 4) is 0 Å². The second-order valence-corrected chi connectivity index (χ2v) is 10.7. The minimum atomic E-state index is -3.58. The van der Waals surface area contributed by atoms with Gasteiger partial charge in [0, 0.05) is 39.3 Å². The van der Waals surface area contributed by atoms with Crippen molar-refractivity contribution in [1.29, 1.82) is 0 Å². The van der Waals surface area contributed by atoms with Crippen LogP contribution in [-0.4, -0.2) is 76.2 Å². The Labute approximate surface area is 156 Å². The summed E-state index contributed by atoms with van der Waals surface area (Å²) < 4.78 is 53.7. The molecule has 0 radical (unpaired) electrons. The third kappa shape index (κ3) is 3.96. The van der Waals surface area contributed by atoms with Crippen LogP contribution < -0.4 is 0 Å². The molecule has 26 heavy (non-hydrogen) atoms. The van der Waals surface area contributed by atoms with Crippen molar-refractivity contribution >= 4 is 20.0 Å². The van der Waals surface area contributed by atoms with Crippen molar-refractivity contribution in [3.63, 3.8) is 0 Å². The number of hydrogen-bond acceptors (Lipinski definition) is 5. The van der Waals surface area contributed by atoms with Crippen molar-refractivity contribution in [2.75, 3.05) is 45.8 Å². The van der Waals surface area contributed by atoms with E-state index in [1.54, 1.807) is 0 Å². The molecular weight excluding hydrogens is 374 g/mol. The SMILES string of the molecule is CCCN1CCN(S(=O)(=O)c2ccc(S(=O)(=O)N3CCCC3)cc2)CC1. The summed E-state index contributed by atoms with van der Waals surface area (Å²) in [6.07, 6.45) is 2.80. The van der Waals surface area contributed by atoms with E-state index in [0.717, 1.165) is 38.9 Å². The van der Waals surface area contributed by atoms with Gasteiger partial charge in [0.15, 0.2) is 0 Å². The van der Waals surface area contributed by atoms with Crippen molar-refractivity contribution in [2.45, 2.75) is 36.0 Å². The molecule has 0 N–H and O–H groups in total. The zero-order valence-corrected chi connectivity index (χ0v) is 16.8. The average molecular weight is 402 g/mol. The molecule has 0 unspecified atom stereocenters. The van der Waals surface area contributed by atoms with Crippen LogP contribution in [0, 0.1) is 0 Å². The molecule has 0 saturated carbocycles. The number of rotatable bonds is 6. The lowest BCUT2D eigenvalue weighted by molar-refractivity contribution is 0.188. The van der Waals surface area contributed by atoms with Gasteiger partial charge >= 0.3 is 0 Å². The predicted octanol–water partition coefficient (Wildman–Crippen LogP) is 1.19. The largest absolute Gasteiger partial charge is 0.301 e. The van der Waals surface area contributed by atoms with E-state index in [0.29, 0.717) is 26.2 Å². The Morgan fingerprint density at radius 3 is 1.58 bits per heavy atom. The molecule has 0 aromatic heterocycles. The van der Waals surface area contributed by atoms with E-state index in [9.17, 15) is 16.8 Å². The molecule has 0 aliphatic carbocycles. The lowest BCUT2D eigenvalue weighted by Gasteiger charge is -2.33. The zero-order valence-electron chi connectivity index (χ0n) is 15.2. The van der Waals surface area contributed by atoms with E-state index in [1.807, 2.05) is 0 Å². The second kappa shape index (κ2) is 7.93. The van der Waals surface area contributed by atoms with Gasteiger partial charge in [-0.3, -0.25) is 0 Å². The van der Waals surface area contributed by atoms with E-state index < -0.39 is 20.0 Å². The molecule has 0 spiro atoms. The highest BCUT2D eigenvalue weighted by atomic mass is 32.2. The molecule has 2 heterocycles. The fourth-order valence-corrected chi connectivity index (χ4v) is 6.46. The highest BCUT2D eigenvalue weighted by Crippen LogP contribution is 2.24. The Hall–Kier alpha value is -1.00. The summed E-state index contributed by atoms with van der Waals surface area (Å²) in [5, 5.41) is 0. The Bertz CT molecular complexity index is 808. The summed E-state index contributed by atoms with van der Waals surface area (Å²) in [6.45, 7) is 6.56. The maximum atomic E-state index is 12.8. The number of piperazine rings is 1. The van der Waals surface area contributed by atoms with Gasteiger partial charge in [-0.15, -0.1) is 0 Å². The fourth-order valence-electron chi connectivity index (χ4n) is 3.52. The Kier molecular flexibility index (Phi) is 6.03. The molecule has 9 heteroatoms. The summed E-state index contributed by atoms with van der Waals surface area (Å²) in [4.78, 5) is 2.57. The van der Waals surface area contributed by atoms with Gasteiger partial charge in [-0.25, -0.2) is 16.8 Å². The maximum absolute atomic E-state index is 12.8. The number of benzene rings is 1. The summed E-state index contributed by atoms with van der Waals surface area (Å²) in [5.41, 5.74) is 0. The van der Waals surface area contributed by atoms with E-state index in [4.69, 9.17) is 0 Å². The molecule has 0 atom stereocenters. The number of hydrogen-bond donors (Lipinski definition) is 0. The Morgan fingerprint density at radius 2 is 1.15 bits per heavy atom. The second-order valence-electron chi connectivity index (χ2n) is 6.83. The fraction of sp³-hybridized carbons (Fsp3) is 0.647. The van der Waals surface area contributed by atoms with Crippen LogP contribution in [0.3, 0.4) is 0 Å². The lowest BCUT2D eigenvalue weighted by Crippen LogP contribution is -2.48. The van der Waals surface area contributed by atoms with Gasteiger partial charge in [0.1, 0.15) is 0 Å². The summed E-state index contributed by atoms with van der Waals surface area (Å²) in [7, 11) is -7.10. The predicted molar refractivity (Wildman–Crippen MR) is 99.9 cm³/mol. The van der Waals surface area contributed by atoms with Crippen LogP contribution in [0.15, 0.2) is 34.1 Å². The molecule has 7 nitrogen and oxygen atoms in total. The molecule has 1 aromatic carbocycles. The summed E-state index contributed by atoms with van der Waals surface area (Å²) in [6, 6.07) is 5.65. The quantitative estimate of drug-likeness (QED) is 0.715. The third-order valence-corrected chi connectivity index (χ3v) is 8.86. The van der Waals surface area contributed by atoms with E-state index in [2.05, 4.69) is 11.8 Å².